The van der Waals surface area contributed by atoms with Crippen LogP contribution in [-0.2, 0) is 9.84 Å². The Balaban J connectivity index is 1.79. The first kappa shape index (κ1) is 23.8. The smallest absolute Gasteiger partial charge is 0.256 e. The molecule has 0 bridgehead atoms. The van der Waals surface area contributed by atoms with E-state index in [2.05, 4.69) is 10.3 Å². The lowest BCUT2D eigenvalue weighted by molar-refractivity contribution is 0.0998. The first-order chi connectivity index (χ1) is 16.6. The number of hydrogen-bond donors (Lipinski definition) is 2. The predicted molar refractivity (Wildman–Crippen MR) is 131 cm³/mol. The molecule has 0 radical (unpaired) electrons. The van der Waals surface area contributed by atoms with Gasteiger partial charge in [0.15, 0.2) is 9.84 Å². The fourth-order valence-corrected chi connectivity index (χ4v) is 4.20. The van der Waals surface area contributed by atoms with Crippen molar-refractivity contribution in [3.05, 3.63) is 102 Å². The van der Waals surface area contributed by atoms with Crippen LogP contribution >= 0.6 is 0 Å². The Kier molecular flexibility index (Phi) is 6.44. The Labute approximate surface area is 201 Å². The minimum atomic E-state index is -3.66. The monoisotopic (exact) mass is 489 g/mol. The molecule has 1 heterocycles. The van der Waals surface area contributed by atoms with E-state index < -0.39 is 27.5 Å². The van der Waals surface area contributed by atoms with Crippen LogP contribution in [0.25, 0.3) is 22.4 Å². The zero-order chi connectivity index (χ0) is 25.2. The van der Waals surface area contributed by atoms with Crippen LogP contribution in [0.5, 0.6) is 0 Å². The van der Waals surface area contributed by atoms with Gasteiger partial charge in [0, 0.05) is 40.4 Å². The summed E-state index contributed by atoms with van der Waals surface area (Å²) in [5, 5.41) is 2.76. The molecule has 3 N–H and O–H groups in total. The summed E-state index contributed by atoms with van der Waals surface area (Å²) in [6, 6.07) is 19.7. The molecule has 0 saturated carbocycles. The Bertz CT molecular complexity index is 1550. The van der Waals surface area contributed by atoms with Crippen LogP contribution < -0.4 is 11.1 Å². The lowest BCUT2D eigenvalue weighted by Gasteiger charge is -2.14. The average Bonchev–Trinajstić information content (AvgIpc) is 2.84. The number of nitrogens with one attached hydrogen (secondary N) is 1. The van der Waals surface area contributed by atoms with Crippen molar-refractivity contribution in [2.24, 2.45) is 5.73 Å². The lowest BCUT2D eigenvalue weighted by Crippen LogP contribution is -2.15. The normalized spacial score (nSPS) is 11.1. The maximum Gasteiger partial charge on any atom is 0.256 e. The van der Waals surface area contributed by atoms with E-state index in [1.165, 1.54) is 30.3 Å². The van der Waals surface area contributed by atoms with Gasteiger partial charge in [-0.2, -0.15) is 0 Å². The standard InChI is InChI=1S/C26H20FN3O4S/c1-35(33,34)19-9-10-20(21(15-19)22-14-17(25(28)31)8-11-23(22)27)26(32)30-18-6-4-5-16(13-18)24-7-2-3-12-29-24/h2-15H,1H3,(H2,28,31)(H,30,32). The highest BCUT2D eigenvalue weighted by Crippen LogP contribution is 2.31. The molecule has 0 atom stereocenters. The molecule has 0 aliphatic heterocycles. The fourth-order valence-electron chi connectivity index (χ4n) is 3.55. The zero-order valence-corrected chi connectivity index (χ0v) is 19.3. The van der Waals surface area contributed by atoms with Crippen LogP contribution in [0.4, 0.5) is 10.1 Å². The van der Waals surface area contributed by atoms with E-state index in [0.717, 1.165) is 17.9 Å². The van der Waals surface area contributed by atoms with Crippen molar-refractivity contribution in [1.82, 2.24) is 4.98 Å². The molecule has 0 unspecified atom stereocenters. The second-order valence-electron chi connectivity index (χ2n) is 7.79. The highest BCUT2D eigenvalue weighted by Gasteiger charge is 2.20. The number of amides is 2. The van der Waals surface area contributed by atoms with Crippen molar-refractivity contribution in [1.29, 1.82) is 0 Å². The number of pyridine rings is 1. The predicted octanol–water partition coefficient (Wildman–Crippen LogP) is 4.31. The first-order valence-corrected chi connectivity index (χ1v) is 12.3. The molecule has 4 aromatic rings. The molecule has 7 nitrogen and oxygen atoms in total. The van der Waals surface area contributed by atoms with E-state index in [0.29, 0.717) is 11.4 Å². The van der Waals surface area contributed by atoms with Gasteiger partial charge in [0.1, 0.15) is 5.82 Å². The van der Waals surface area contributed by atoms with E-state index >= 15 is 0 Å². The number of anilines is 1. The van der Waals surface area contributed by atoms with Gasteiger partial charge in [-0.3, -0.25) is 14.6 Å². The third-order valence-corrected chi connectivity index (χ3v) is 6.40. The van der Waals surface area contributed by atoms with Gasteiger partial charge in [-0.25, -0.2) is 12.8 Å². The molecular weight excluding hydrogens is 469 g/mol. The van der Waals surface area contributed by atoms with Gasteiger partial charge in [-0.15, -0.1) is 0 Å². The zero-order valence-electron chi connectivity index (χ0n) is 18.5. The average molecular weight is 490 g/mol. The summed E-state index contributed by atoms with van der Waals surface area (Å²) in [5.41, 5.74) is 7.19. The van der Waals surface area contributed by atoms with Crippen LogP contribution in [0.1, 0.15) is 20.7 Å². The number of halogens is 1. The van der Waals surface area contributed by atoms with E-state index in [1.807, 2.05) is 18.2 Å². The van der Waals surface area contributed by atoms with Gasteiger partial charge in [-0.1, -0.05) is 18.2 Å². The number of hydrogen-bond acceptors (Lipinski definition) is 5. The van der Waals surface area contributed by atoms with Gasteiger partial charge in [0.2, 0.25) is 5.91 Å². The molecule has 3 aromatic carbocycles. The highest BCUT2D eigenvalue weighted by atomic mass is 32.2. The van der Waals surface area contributed by atoms with E-state index in [1.54, 1.807) is 30.5 Å². The number of benzene rings is 3. The van der Waals surface area contributed by atoms with E-state index in [-0.39, 0.29) is 27.1 Å². The molecule has 0 fully saturated rings. The molecule has 0 aliphatic carbocycles. The van der Waals surface area contributed by atoms with Crippen LogP contribution in [0.15, 0.2) is 90.0 Å². The number of carbonyl (C=O) groups excluding carboxylic acids is 2. The number of rotatable bonds is 6. The molecule has 0 aliphatic rings. The lowest BCUT2D eigenvalue weighted by atomic mass is 9.96. The topological polar surface area (TPSA) is 119 Å². The molecule has 4 rings (SSSR count). The highest BCUT2D eigenvalue weighted by molar-refractivity contribution is 7.90. The maximum atomic E-state index is 14.8. The fraction of sp³-hybridized carbons (Fsp3) is 0.0385. The third-order valence-electron chi connectivity index (χ3n) is 5.29. The van der Waals surface area contributed by atoms with Gasteiger partial charge in [0.25, 0.3) is 5.91 Å². The summed E-state index contributed by atoms with van der Waals surface area (Å²) in [5.74, 6) is -2.13. The van der Waals surface area contributed by atoms with Crippen LogP contribution in [-0.4, -0.2) is 31.5 Å². The number of nitrogens with two attached hydrogens (primary N) is 1. The summed E-state index contributed by atoms with van der Waals surface area (Å²) in [4.78, 5) is 29.1. The number of nitrogens with zero attached hydrogens (tertiary/aromatic N) is 1. The van der Waals surface area contributed by atoms with Crippen molar-refractivity contribution in [3.8, 4) is 22.4 Å². The Morgan fingerprint density at radius 1 is 0.914 bits per heavy atom. The summed E-state index contributed by atoms with van der Waals surface area (Å²) < 4.78 is 39.1. The van der Waals surface area contributed by atoms with Gasteiger partial charge >= 0.3 is 0 Å². The largest absolute Gasteiger partial charge is 0.366 e. The second-order valence-corrected chi connectivity index (χ2v) is 9.80. The quantitative estimate of drug-likeness (QED) is 0.418. The summed E-state index contributed by atoms with van der Waals surface area (Å²) in [6.07, 6.45) is 2.66. The Morgan fingerprint density at radius 3 is 2.40 bits per heavy atom. The summed E-state index contributed by atoms with van der Waals surface area (Å²) in [7, 11) is -3.66. The molecule has 9 heteroatoms. The minimum Gasteiger partial charge on any atom is -0.366 e. The van der Waals surface area contributed by atoms with Gasteiger partial charge < -0.3 is 11.1 Å². The number of carbonyl (C=O) groups is 2. The van der Waals surface area contributed by atoms with Crippen molar-refractivity contribution >= 4 is 27.3 Å². The molecule has 0 saturated heterocycles. The van der Waals surface area contributed by atoms with Crippen LogP contribution in [0, 0.1) is 5.82 Å². The van der Waals surface area contributed by atoms with Crippen molar-refractivity contribution in [2.45, 2.75) is 4.90 Å². The van der Waals surface area contributed by atoms with Crippen molar-refractivity contribution in [3.63, 3.8) is 0 Å². The summed E-state index contributed by atoms with van der Waals surface area (Å²) in [6.45, 7) is 0. The molecule has 2 amide bonds. The summed E-state index contributed by atoms with van der Waals surface area (Å²) >= 11 is 0. The third kappa shape index (κ3) is 5.25. The SMILES string of the molecule is CS(=O)(=O)c1ccc(C(=O)Nc2cccc(-c3ccccn3)c2)c(-c2cc(C(N)=O)ccc2F)c1. The molecular formula is C26H20FN3O4S. The van der Waals surface area contributed by atoms with Crippen LogP contribution in [0.2, 0.25) is 0 Å². The van der Waals surface area contributed by atoms with Gasteiger partial charge in [-0.05, 0) is 66.2 Å². The Hall–Kier alpha value is -4.37. The van der Waals surface area contributed by atoms with E-state index in [9.17, 15) is 22.4 Å². The Morgan fingerprint density at radius 2 is 1.71 bits per heavy atom. The van der Waals surface area contributed by atoms with Crippen molar-refractivity contribution < 1.29 is 22.4 Å². The number of aromatic nitrogens is 1. The van der Waals surface area contributed by atoms with Crippen LogP contribution in [0.3, 0.4) is 0 Å². The van der Waals surface area contributed by atoms with Gasteiger partial charge in [0.05, 0.1) is 10.6 Å². The van der Waals surface area contributed by atoms with E-state index in [4.69, 9.17) is 5.73 Å². The number of primary amides is 1. The van der Waals surface area contributed by atoms with Crippen molar-refractivity contribution in [2.75, 3.05) is 11.6 Å². The minimum absolute atomic E-state index is 0.00639. The number of sulfone groups is 1. The molecule has 1 aromatic heterocycles. The molecule has 35 heavy (non-hydrogen) atoms. The molecule has 176 valence electrons. The second kappa shape index (κ2) is 9.47. The first-order valence-electron chi connectivity index (χ1n) is 10.4. The molecule has 0 spiro atoms. The maximum absolute atomic E-state index is 14.8.